The second kappa shape index (κ2) is 9.38. The summed E-state index contributed by atoms with van der Waals surface area (Å²) in [6.45, 7) is 2.01. The van der Waals surface area contributed by atoms with Gasteiger partial charge in [-0.1, -0.05) is 23.8 Å². The summed E-state index contributed by atoms with van der Waals surface area (Å²) in [6, 6.07) is 19.2. The highest BCUT2D eigenvalue weighted by molar-refractivity contribution is 7.80. The van der Waals surface area contributed by atoms with Crippen LogP contribution in [0.25, 0.3) is 0 Å². The number of nitrogens with zero attached hydrogens (tertiary/aromatic N) is 3. The maximum absolute atomic E-state index is 10.7. The van der Waals surface area contributed by atoms with E-state index >= 15 is 0 Å². The zero-order valence-corrected chi connectivity index (χ0v) is 16.3. The van der Waals surface area contributed by atoms with E-state index < -0.39 is 4.92 Å². The van der Waals surface area contributed by atoms with E-state index in [9.17, 15) is 10.1 Å². The average Bonchev–Trinajstić information content (AvgIpc) is 2.73. The van der Waals surface area contributed by atoms with E-state index in [1.807, 2.05) is 49.4 Å². The van der Waals surface area contributed by atoms with Crippen molar-refractivity contribution in [3.63, 3.8) is 0 Å². The molecule has 0 unspecified atom stereocenters. The molecule has 0 aliphatic rings. The Morgan fingerprint density at radius 1 is 1.03 bits per heavy atom. The van der Waals surface area contributed by atoms with E-state index in [1.165, 1.54) is 12.1 Å². The molecule has 0 radical (unpaired) electrons. The van der Waals surface area contributed by atoms with Crippen LogP contribution in [0.1, 0.15) is 11.3 Å². The number of thiocarbonyl (C=S) groups is 1. The van der Waals surface area contributed by atoms with Gasteiger partial charge in [-0.3, -0.25) is 25.9 Å². The molecule has 146 valence electrons. The molecule has 29 heavy (non-hydrogen) atoms. The van der Waals surface area contributed by atoms with Gasteiger partial charge in [0.05, 0.1) is 10.6 Å². The van der Waals surface area contributed by atoms with Crippen molar-refractivity contribution < 1.29 is 4.92 Å². The fourth-order valence-electron chi connectivity index (χ4n) is 2.35. The van der Waals surface area contributed by atoms with Gasteiger partial charge in [0.2, 0.25) is 0 Å². The minimum absolute atomic E-state index is 0.00946. The number of anilines is 1. The lowest BCUT2D eigenvalue weighted by molar-refractivity contribution is -0.384. The number of nitrogens with one attached hydrogen (secondary N) is 3. The summed E-state index contributed by atoms with van der Waals surface area (Å²) in [5.74, 6) is 0.488. The molecular formula is C20H18N6O2S. The highest BCUT2D eigenvalue weighted by Gasteiger charge is 2.07. The van der Waals surface area contributed by atoms with Crippen molar-refractivity contribution in [3.05, 3.63) is 94.3 Å². The second-order valence-corrected chi connectivity index (χ2v) is 6.43. The highest BCUT2D eigenvalue weighted by atomic mass is 32.1. The Bertz CT molecular complexity index is 1020. The summed E-state index contributed by atoms with van der Waals surface area (Å²) < 4.78 is 0. The molecule has 0 fully saturated rings. The summed E-state index contributed by atoms with van der Waals surface area (Å²) in [6.07, 6.45) is 1.68. The van der Waals surface area contributed by atoms with Gasteiger partial charge in [0.25, 0.3) is 5.69 Å². The van der Waals surface area contributed by atoms with Gasteiger partial charge >= 0.3 is 0 Å². The number of hydrogen-bond donors (Lipinski definition) is 3. The number of nitro benzene ring substituents is 1. The van der Waals surface area contributed by atoms with Gasteiger partial charge < -0.3 is 5.32 Å². The summed E-state index contributed by atoms with van der Waals surface area (Å²) in [4.78, 5) is 19.2. The number of hydrogen-bond acceptors (Lipinski definition) is 5. The molecule has 0 aliphatic carbocycles. The quantitative estimate of drug-likeness (QED) is 0.199. The Morgan fingerprint density at radius 2 is 1.76 bits per heavy atom. The van der Waals surface area contributed by atoms with Crippen LogP contribution in [0.4, 0.5) is 17.1 Å². The van der Waals surface area contributed by atoms with Crippen LogP contribution >= 0.6 is 12.2 Å². The first-order valence-electron chi connectivity index (χ1n) is 8.65. The Morgan fingerprint density at radius 3 is 2.38 bits per heavy atom. The first kappa shape index (κ1) is 19.9. The normalized spacial score (nSPS) is 10.9. The summed E-state index contributed by atoms with van der Waals surface area (Å²) in [7, 11) is 0. The number of hydrazine groups is 1. The fraction of sp³-hybridized carbons (Fsp3) is 0.0500. The molecule has 0 spiro atoms. The molecule has 9 heteroatoms. The van der Waals surface area contributed by atoms with Gasteiger partial charge in [0, 0.05) is 24.0 Å². The Hall–Kier alpha value is -3.85. The van der Waals surface area contributed by atoms with Crippen LogP contribution in [0.3, 0.4) is 0 Å². The lowest BCUT2D eigenvalue weighted by Gasteiger charge is -2.14. The maximum Gasteiger partial charge on any atom is 0.269 e. The number of amidine groups is 1. The van der Waals surface area contributed by atoms with E-state index in [1.54, 1.807) is 18.3 Å². The first-order valence-corrected chi connectivity index (χ1v) is 9.06. The van der Waals surface area contributed by atoms with Crippen LogP contribution in [0, 0.1) is 17.0 Å². The van der Waals surface area contributed by atoms with Gasteiger partial charge in [-0.15, -0.1) is 0 Å². The van der Waals surface area contributed by atoms with Crippen molar-refractivity contribution in [2.24, 2.45) is 4.99 Å². The third-order valence-electron chi connectivity index (χ3n) is 3.81. The molecular weight excluding hydrogens is 388 g/mol. The van der Waals surface area contributed by atoms with Crippen molar-refractivity contribution in [2.75, 3.05) is 5.32 Å². The SMILES string of the molecule is Cc1ccc(N=C(NNC(=S)Nc2ccc([N+](=O)[O-])cc2)c2ccccn2)cc1. The van der Waals surface area contributed by atoms with Crippen LogP contribution in [0.15, 0.2) is 77.9 Å². The number of pyridine rings is 1. The van der Waals surface area contributed by atoms with Crippen molar-refractivity contribution in [1.29, 1.82) is 0 Å². The molecule has 8 nitrogen and oxygen atoms in total. The van der Waals surface area contributed by atoms with Crippen molar-refractivity contribution in [3.8, 4) is 0 Å². The summed E-state index contributed by atoms with van der Waals surface area (Å²) in [5, 5.41) is 13.9. The largest absolute Gasteiger partial charge is 0.331 e. The molecule has 1 heterocycles. The van der Waals surface area contributed by atoms with E-state index in [4.69, 9.17) is 12.2 Å². The molecule has 0 atom stereocenters. The Balaban J connectivity index is 1.70. The van der Waals surface area contributed by atoms with E-state index in [0.717, 1.165) is 11.3 Å². The second-order valence-electron chi connectivity index (χ2n) is 6.02. The van der Waals surface area contributed by atoms with Crippen molar-refractivity contribution in [1.82, 2.24) is 15.8 Å². The molecule has 2 aromatic carbocycles. The molecule has 3 aromatic rings. The lowest BCUT2D eigenvalue weighted by Crippen LogP contribution is -2.44. The number of nitro groups is 1. The van der Waals surface area contributed by atoms with Gasteiger partial charge in [0.15, 0.2) is 10.9 Å². The zero-order chi connectivity index (χ0) is 20.6. The number of aromatic nitrogens is 1. The molecule has 0 saturated carbocycles. The number of aryl methyl sites for hydroxylation is 1. The third-order valence-corrected chi connectivity index (χ3v) is 4.02. The number of non-ortho nitro benzene ring substituents is 1. The Labute approximate surface area is 172 Å². The average molecular weight is 406 g/mol. The minimum atomic E-state index is -0.456. The maximum atomic E-state index is 10.7. The van der Waals surface area contributed by atoms with Crippen LogP contribution in [-0.2, 0) is 0 Å². The van der Waals surface area contributed by atoms with Crippen molar-refractivity contribution in [2.45, 2.75) is 6.92 Å². The molecule has 1 aromatic heterocycles. The number of benzene rings is 2. The smallest absolute Gasteiger partial charge is 0.269 e. The lowest BCUT2D eigenvalue weighted by atomic mass is 10.2. The molecule has 0 aliphatic heterocycles. The minimum Gasteiger partial charge on any atom is -0.331 e. The topological polar surface area (TPSA) is 104 Å². The van der Waals surface area contributed by atoms with Gasteiger partial charge in [-0.2, -0.15) is 0 Å². The summed E-state index contributed by atoms with van der Waals surface area (Å²) >= 11 is 5.28. The highest BCUT2D eigenvalue weighted by Crippen LogP contribution is 2.15. The van der Waals surface area contributed by atoms with Crippen LogP contribution in [0.2, 0.25) is 0 Å². The summed E-state index contributed by atoms with van der Waals surface area (Å²) in [5.41, 5.74) is 9.01. The number of rotatable bonds is 4. The predicted molar refractivity (Wildman–Crippen MR) is 117 cm³/mol. The molecule has 0 bridgehead atoms. The number of aliphatic imine (C=N–C) groups is 1. The van der Waals surface area contributed by atoms with E-state index in [2.05, 4.69) is 26.1 Å². The zero-order valence-electron chi connectivity index (χ0n) is 15.5. The van der Waals surface area contributed by atoms with E-state index in [0.29, 0.717) is 17.2 Å². The van der Waals surface area contributed by atoms with Gasteiger partial charge in [-0.05, 0) is 55.5 Å². The first-order chi connectivity index (χ1) is 14.0. The Kier molecular flexibility index (Phi) is 6.43. The molecule has 3 N–H and O–H groups in total. The van der Waals surface area contributed by atoms with Crippen LogP contribution in [-0.4, -0.2) is 20.9 Å². The monoisotopic (exact) mass is 406 g/mol. The molecule has 0 saturated heterocycles. The fourth-order valence-corrected chi connectivity index (χ4v) is 2.51. The third kappa shape index (κ3) is 5.81. The van der Waals surface area contributed by atoms with Gasteiger partial charge in [0.1, 0.15) is 5.69 Å². The van der Waals surface area contributed by atoms with Crippen LogP contribution < -0.4 is 16.2 Å². The molecule has 3 rings (SSSR count). The predicted octanol–water partition coefficient (Wildman–Crippen LogP) is 3.87. The van der Waals surface area contributed by atoms with Crippen LogP contribution in [0.5, 0.6) is 0 Å². The van der Waals surface area contributed by atoms with Crippen molar-refractivity contribution >= 4 is 40.2 Å². The van der Waals surface area contributed by atoms with E-state index in [-0.39, 0.29) is 10.8 Å². The van der Waals surface area contributed by atoms with Gasteiger partial charge in [-0.25, -0.2) is 4.99 Å². The standard InChI is InChI=1S/C20H18N6O2S/c1-14-5-7-15(8-6-14)22-19(18-4-2-3-13-21-18)24-25-20(29)23-16-9-11-17(12-10-16)26(27)28/h2-13H,1H3,(H,22,24)(H2,23,25,29). The molecule has 0 amide bonds.